The van der Waals surface area contributed by atoms with Crippen molar-refractivity contribution in [2.24, 2.45) is 0 Å². The molecule has 0 bridgehead atoms. The Morgan fingerprint density at radius 1 is 1.11 bits per heavy atom. The molecule has 2 heterocycles. The van der Waals surface area contributed by atoms with Crippen LogP contribution in [0.5, 0.6) is 5.75 Å². The molecule has 1 aromatic heterocycles. The first kappa shape index (κ1) is 26.7. The number of ether oxygens (including phenoxy) is 1. The van der Waals surface area contributed by atoms with Crippen LogP contribution in [0.3, 0.4) is 0 Å². The van der Waals surface area contributed by atoms with Crippen molar-refractivity contribution in [3.8, 4) is 5.75 Å². The molecule has 3 aromatic rings. The lowest BCUT2D eigenvalue weighted by atomic mass is 9.90. The van der Waals surface area contributed by atoms with Gasteiger partial charge in [-0.2, -0.15) is 18.3 Å². The van der Waals surface area contributed by atoms with Crippen LogP contribution in [0.25, 0.3) is 0 Å². The fraction of sp³-hybridized carbons (Fsp3) is 0.429. The highest BCUT2D eigenvalue weighted by molar-refractivity contribution is 5.95. The van der Waals surface area contributed by atoms with Crippen LogP contribution in [0.4, 0.5) is 18.9 Å². The van der Waals surface area contributed by atoms with Crippen LogP contribution >= 0.6 is 0 Å². The molecule has 1 saturated heterocycles. The van der Waals surface area contributed by atoms with Crippen molar-refractivity contribution in [3.63, 3.8) is 0 Å². The van der Waals surface area contributed by atoms with E-state index in [1.54, 1.807) is 30.3 Å². The predicted octanol–water partition coefficient (Wildman–Crippen LogP) is 6.27. The average molecular weight is 515 g/mol. The summed E-state index contributed by atoms with van der Waals surface area (Å²) in [6.07, 6.45) is -2.16. The minimum absolute atomic E-state index is 0.0367. The summed E-state index contributed by atoms with van der Waals surface area (Å²) in [6.45, 7) is 9.94. The Balaban J connectivity index is 1.59. The third-order valence-electron chi connectivity index (χ3n) is 6.33. The van der Waals surface area contributed by atoms with Crippen molar-refractivity contribution in [1.29, 1.82) is 0 Å². The van der Waals surface area contributed by atoms with E-state index in [1.165, 1.54) is 6.07 Å². The van der Waals surface area contributed by atoms with E-state index in [0.717, 1.165) is 17.8 Å². The molecule has 0 radical (unpaired) electrons. The lowest BCUT2D eigenvalue weighted by Crippen LogP contribution is -2.36. The van der Waals surface area contributed by atoms with Crippen molar-refractivity contribution >= 4 is 11.6 Å². The molecule has 0 aliphatic carbocycles. The molecule has 1 aliphatic heterocycles. The first-order valence-corrected chi connectivity index (χ1v) is 12.4. The van der Waals surface area contributed by atoms with E-state index in [2.05, 4.69) is 10.6 Å². The van der Waals surface area contributed by atoms with Gasteiger partial charge in [-0.15, -0.1) is 0 Å². The molecule has 9 heteroatoms. The molecule has 0 spiro atoms. The van der Waals surface area contributed by atoms with Gasteiger partial charge in [0, 0.05) is 23.8 Å². The molecule has 1 fully saturated rings. The van der Waals surface area contributed by atoms with Gasteiger partial charge >= 0.3 is 6.18 Å². The smallest absolute Gasteiger partial charge is 0.416 e. The largest absolute Gasteiger partial charge is 0.491 e. The number of anilines is 1. The Labute approximate surface area is 215 Å². The van der Waals surface area contributed by atoms with Gasteiger partial charge in [0.1, 0.15) is 5.75 Å². The normalized spacial score (nSPS) is 20.3. The lowest BCUT2D eigenvalue weighted by Gasteiger charge is -2.21. The summed E-state index contributed by atoms with van der Waals surface area (Å²) in [4.78, 5) is 13.2. The van der Waals surface area contributed by atoms with Gasteiger partial charge in [-0.05, 0) is 89.1 Å². The number of halogens is 3. The number of benzene rings is 2. The molecule has 198 valence electrons. The highest BCUT2D eigenvalue weighted by atomic mass is 19.4. The molecule has 0 unspecified atom stereocenters. The highest BCUT2D eigenvalue weighted by Gasteiger charge is 2.41. The van der Waals surface area contributed by atoms with E-state index in [4.69, 9.17) is 9.84 Å². The topological polar surface area (TPSA) is 68.2 Å². The van der Waals surface area contributed by atoms with Crippen molar-refractivity contribution in [1.82, 2.24) is 15.1 Å². The van der Waals surface area contributed by atoms with Crippen LogP contribution < -0.4 is 15.4 Å². The molecule has 1 aliphatic rings. The molecule has 37 heavy (non-hydrogen) atoms. The maximum Gasteiger partial charge on any atom is 0.416 e. The average Bonchev–Trinajstić information content (AvgIpc) is 3.47. The number of rotatable bonds is 6. The Bertz CT molecular complexity index is 1230. The highest BCUT2D eigenvalue weighted by Crippen LogP contribution is 2.41. The fourth-order valence-corrected chi connectivity index (χ4v) is 4.53. The summed E-state index contributed by atoms with van der Waals surface area (Å²) in [5, 5.41) is 10.9. The number of nitrogens with zero attached hydrogens (tertiary/aromatic N) is 2. The summed E-state index contributed by atoms with van der Waals surface area (Å²) in [7, 11) is 0. The summed E-state index contributed by atoms with van der Waals surface area (Å²) in [5.41, 5.74) is 0.838. The quantitative estimate of drug-likeness (QED) is 0.407. The minimum Gasteiger partial charge on any atom is -0.491 e. The SMILES string of the molecule is CC(C)Oc1ccc(NC(=O)[C@@H]2C[C@H](c3ccn(C(C)(C)C)n3)[C@H](c3cccc(C(F)(F)F)c3)N2)cc1. The van der Waals surface area contributed by atoms with Gasteiger partial charge in [0.15, 0.2) is 0 Å². The molecule has 2 aromatic carbocycles. The molecule has 2 N–H and O–H groups in total. The van der Waals surface area contributed by atoms with E-state index in [-0.39, 0.29) is 23.5 Å². The standard InChI is InChI=1S/C28H33F3N4O2/c1-17(2)37-21-11-9-20(10-12-21)32-26(36)24-16-22(23-13-14-35(34-23)27(3,4)5)25(33-24)18-7-6-8-19(15-18)28(29,30)31/h6-15,17,22,24-25,33H,16H2,1-5H3,(H,32,36)/t22-,24+,25+/m1/s1. The first-order valence-electron chi connectivity index (χ1n) is 12.4. The second-order valence-corrected chi connectivity index (χ2v) is 10.7. The van der Waals surface area contributed by atoms with Crippen LogP contribution in [-0.4, -0.2) is 27.8 Å². The predicted molar refractivity (Wildman–Crippen MR) is 137 cm³/mol. The molecule has 4 rings (SSSR count). The maximum atomic E-state index is 13.4. The number of carbonyl (C=O) groups excluding carboxylic acids is 1. The number of amides is 1. The van der Waals surface area contributed by atoms with Crippen LogP contribution in [0.15, 0.2) is 60.8 Å². The Hall–Kier alpha value is -3.33. The number of aromatic nitrogens is 2. The summed E-state index contributed by atoms with van der Waals surface area (Å²) < 4.78 is 47.8. The third-order valence-corrected chi connectivity index (χ3v) is 6.33. The fourth-order valence-electron chi connectivity index (χ4n) is 4.53. The monoisotopic (exact) mass is 514 g/mol. The molecule has 0 saturated carbocycles. The van der Waals surface area contributed by atoms with Gasteiger partial charge in [0.2, 0.25) is 5.91 Å². The number of hydrogen-bond donors (Lipinski definition) is 2. The molecular formula is C28H33F3N4O2. The van der Waals surface area contributed by atoms with E-state index < -0.39 is 23.8 Å². The van der Waals surface area contributed by atoms with Gasteiger partial charge in [-0.3, -0.25) is 14.8 Å². The zero-order chi connectivity index (χ0) is 27.0. The van der Waals surface area contributed by atoms with Gasteiger partial charge in [-0.25, -0.2) is 0 Å². The van der Waals surface area contributed by atoms with Crippen molar-refractivity contribution in [2.45, 2.75) is 76.9 Å². The zero-order valence-electron chi connectivity index (χ0n) is 21.6. The van der Waals surface area contributed by atoms with Gasteiger partial charge in [0.05, 0.1) is 28.9 Å². The number of nitrogens with one attached hydrogen (secondary N) is 2. The third kappa shape index (κ3) is 6.33. The maximum absolute atomic E-state index is 13.4. The number of carbonyl (C=O) groups is 1. The molecule has 1 amide bonds. The van der Waals surface area contributed by atoms with Crippen LogP contribution in [0, 0.1) is 0 Å². The number of alkyl halides is 3. The molecule has 6 nitrogen and oxygen atoms in total. The summed E-state index contributed by atoms with van der Waals surface area (Å²) in [6, 6.07) is 13.1. The van der Waals surface area contributed by atoms with Crippen LogP contribution in [0.1, 0.15) is 69.8 Å². The van der Waals surface area contributed by atoms with Gasteiger partial charge in [0.25, 0.3) is 0 Å². The second kappa shape index (κ2) is 10.2. The summed E-state index contributed by atoms with van der Waals surface area (Å²) >= 11 is 0. The second-order valence-electron chi connectivity index (χ2n) is 10.7. The van der Waals surface area contributed by atoms with Crippen molar-refractivity contribution in [2.75, 3.05) is 5.32 Å². The zero-order valence-corrected chi connectivity index (χ0v) is 21.6. The Morgan fingerprint density at radius 3 is 2.41 bits per heavy atom. The molecular weight excluding hydrogens is 481 g/mol. The molecule has 3 atom stereocenters. The van der Waals surface area contributed by atoms with Gasteiger partial charge in [-0.1, -0.05) is 12.1 Å². The van der Waals surface area contributed by atoms with Crippen LogP contribution in [-0.2, 0) is 16.5 Å². The van der Waals surface area contributed by atoms with Gasteiger partial charge < -0.3 is 10.1 Å². The summed E-state index contributed by atoms with van der Waals surface area (Å²) in [5.74, 6) is 0.156. The number of hydrogen-bond acceptors (Lipinski definition) is 4. The van der Waals surface area contributed by atoms with E-state index in [9.17, 15) is 18.0 Å². The Morgan fingerprint density at radius 2 is 1.81 bits per heavy atom. The lowest BCUT2D eigenvalue weighted by molar-refractivity contribution is -0.137. The van der Waals surface area contributed by atoms with Crippen molar-refractivity contribution < 1.29 is 22.7 Å². The van der Waals surface area contributed by atoms with E-state index in [1.807, 2.05) is 51.6 Å². The van der Waals surface area contributed by atoms with E-state index in [0.29, 0.717) is 23.4 Å². The minimum atomic E-state index is -4.46. The first-order chi connectivity index (χ1) is 17.3. The van der Waals surface area contributed by atoms with Crippen LogP contribution in [0.2, 0.25) is 0 Å². The van der Waals surface area contributed by atoms with Crippen molar-refractivity contribution in [3.05, 3.63) is 77.6 Å². The van der Waals surface area contributed by atoms with E-state index >= 15 is 0 Å². The Kier molecular flexibility index (Phi) is 7.37.